The lowest BCUT2D eigenvalue weighted by molar-refractivity contribution is -0.183. The first-order valence-electron chi connectivity index (χ1n) is 12.0. The number of nitrogens with zero attached hydrogens (tertiary/aromatic N) is 2. The maximum Gasteiger partial charge on any atom is 0.241 e. The summed E-state index contributed by atoms with van der Waals surface area (Å²) in [5, 5.41) is 0. The number of β-lactam (4-membered cyclic amide) rings is 1. The minimum absolute atomic E-state index is 0.156. The molecule has 0 aliphatic carbocycles. The molecule has 1 fully saturated rings. The van der Waals surface area contributed by atoms with Crippen molar-refractivity contribution >= 4 is 17.6 Å². The Kier molecular flexibility index (Phi) is 6.76. The lowest BCUT2D eigenvalue weighted by atomic mass is 9.85. The van der Waals surface area contributed by atoms with Crippen LogP contribution in [-0.4, -0.2) is 27.9 Å². The van der Waals surface area contributed by atoms with Crippen LogP contribution in [0, 0.1) is 5.92 Å². The number of nitrogen functional groups attached to an aromatic ring is 1. The number of pyridine rings is 1. The summed E-state index contributed by atoms with van der Waals surface area (Å²) in [5.41, 5.74) is 8.76. The van der Waals surface area contributed by atoms with Crippen molar-refractivity contribution in [1.29, 1.82) is 0 Å². The molecule has 6 heteroatoms. The standard InChI is InChI=1S/C30H27N3O3/c31-27-19-21(16-17-32-27)18-26-29(35)33(30(26)36-24-14-8-3-9-15-24)28(34)20-25(22-10-4-1-5-11-22)23-12-6-2-7-13-23/h1-17,19,25-26,30H,18,20H2,(H2,31,32)/t26-,30+/m0/s1. The normalized spacial score (nSPS) is 17.0. The van der Waals surface area contributed by atoms with Gasteiger partial charge < -0.3 is 10.5 Å². The van der Waals surface area contributed by atoms with Gasteiger partial charge in [0.15, 0.2) is 6.23 Å². The Balaban J connectivity index is 1.41. The molecule has 0 bridgehead atoms. The van der Waals surface area contributed by atoms with Gasteiger partial charge >= 0.3 is 0 Å². The number of para-hydroxylation sites is 1. The van der Waals surface area contributed by atoms with Crippen molar-refractivity contribution in [1.82, 2.24) is 9.88 Å². The number of anilines is 1. The van der Waals surface area contributed by atoms with Crippen molar-refractivity contribution in [2.45, 2.75) is 25.0 Å². The molecule has 4 aromatic rings. The van der Waals surface area contributed by atoms with Gasteiger partial charge in [-0.2, -0.15) is 0 Å². The van der Waals surface area contributed by atoms with Gasteiger partial charge in [-0.05, 0) is 47.4 Å². The summed E-state index contributed by atoms with van der Waals surface area (Å²) in [6.45, 7) is 0. The van der Waals surface area contributed by atoms with Crippen LogP contribution in [0.4, 0.5) is 5.82 Å². The molecule has 0 unspecified atom stereocenters. The number of aromatic nitrogens is 1. The highest BCUT2D eigenvalue weighted by Gasteiger charge is 2.52. The van der Waals surface area contributed by atoms with Crippen LogP contribution in [-0.2, 0) is 16.0 Å². The minimum atomic E-state index is -0.700. The molecule has 1 aliphatic heterocycles. The second-order valence-electron chi connectivity index (χ2n) is 8.90. The van der Waals surface area contributed by atoms with Crippen LogP contribution in [0.15, 0.2) is 109 Å². The molecule has 0 radical (unpaired) electrons. The molecule has 0 spiro atoms. The quantitative estimate of drug-likeness (QED) is 0.368. The Bertz CT molecular complexity index is 1290. The zero-order chi connectivity index (χ0) is 24.9. The second kappa shape index (κ2) is 10.4. The first kappa shape index (κ1) is 23.3. The highest BCUT2D eigenvalue weighted by atomic mass is 16.5. The third-order valence-electron chi connectivity index (χ3n) is 6.51. The number of likely N-dealkylation sites (tertiary alicyclic amines) is 1. The molecule has 1 aliphatic rings. The van der Waals surface area contributed by atoms with Crippen LogP contribution in [0.1, 0.15) is 29.0 Å². The Morgan fingerprint density at radius 1 is 0.889 bits per heavy atom. The predicted molar refractivity (Wildman–Crippen MR) is 138 cm³/mol. The molecule has 2 heterocycles. The largest absolute Gasteiger partial charge is 0.469 e. The topological polar surface area (TPSA) is 85.5 Å². The van der Waals surface area contributed by atoms with Crippen molar-refractivity contribution in [3.05, 3.63) is 126 Å². The first-order valence-corrected chi connectivity index (χ1v) is 12.0. The zero-order valence-corrected chi connectivity index (χ0v) is 19.7. The number of carbonyl (C=O) groups is 2. The number of hydrogen-bond acceptors (Lipinski definition) is 5. The van der Waals surface area contributed by atoms with E-state index in [-0.39, 0.29) is 24.2 Å². The Labute approximate surface area is 210 Å². The third kappa shape index (κ3) is 4.98. The summed E-state index contributed by atoms with van der Waals surface area (Å²) in [6, 6.07) is 32.6. The van der Waals surface area contributed by atoms with Gasteiger partial charge in [-0.25, -0.2) is 9.88 Å². The number of nitrogens with two attached hydrogens (primary N) is 1. The van der Waals surface area contributed by atoms with Gasteiger partial charge in [0.1, 0.15) is 11.6 Å². The molecule has 1 aromatic heterocycles. The molecular formula is C30H27N3O3. The van der Waals surface area contributed by atoms with Gasteiger partial charge in [-0.15, -0.1) is 0 Å². The molecule has 5 rings (SSSR count). The summed E-state index contributed by atoms with van der Waals surface area (Å²) >= 11 is 0. The average molecular weight is 478 g/mol. The number of amides is 2. The highest BCUT2D eigenvalue weighted by molar-refractivity contribution is 6.02. The fourth-order valence-electron chi connectivity index (χ4n) is 4.70. The Morgan fingerprint density at radius 2 is 1.47 bits per heavy atom. The summed E-state index contributed by atoms with van der Waals surface area (Å²) in [6.07, 6.45) is 1.49. The molecule has 36 heavy (non-hydrogen) atoms. The summed E-state index contributed by atoms with van der Waals surface area (Å²) in [4.78, 5) is 32.3. The second-order valence-corrected chi connectivity index (χ2v) is 8.90. The third-order valence-corrected chi connectivity index (χ3v) is 6.51. The van der Waals surface area contributed by atoms with Gasteiger partial charge in [-0.1, -0.05) is 78.9 Å². The van der Waals surface area contributed by atoms with Crippen LogP contribution in [0.25, 0.3) is 0 Å². The van der Waals surface area contributed by atoms with Crippen LogP contribution in [0.3, 0.4) is 0 Å². The SMILES string of the molecule is Nc1cc(C[C@H]2C(=O)N(C(=O)CC(c3ccccc3)c3ccccc3)[C@@H]2Oc2ccccc2)ccn1. The number of hydrogen-bond donors (Lipinski definition) is 1. The molecule has 1 saturated heterocycles. The van der Waals surface area contributed by atoms with Gasteiger partial charge in [0, 0.05) is 18.5 Å². The predicted octanol–water partition coefficient (Wildman–Crippen LogP) is 4.82. The summed E-state index contributed by atoms with van der Waals surface area (Å²) in [7, 11) is 0. The van der Waals surface area contributed by atoms with Gasteiger partial charge in [-0.3, -0.25) is 9.59 Å². The van der Waals surface area contributed by atoms with Gasteiger partial charge in [0.05, 0.1) is 5.92 Å². The fourth-order valence-corrected chi connectivity index (χ4v) is 4.70. The molecule has 2 atom stereocenters. The zero-order valence-electron chi connectivity index (χ0n) is 19.7. The van der Waals surface area contributed by atoms with E-state index in [4.69, 9.17) is 10.5 Å². The van der Waals surface area contributed by atoms with E-state index in [0.717, 1.165) is 16.7 Å². The van der Waals surface area contributed by atoms with Crippen LogP contribution in [0.5, 0.6) is 5.75 Å². The van der Waals surface area contributed by atoms with Crippen LogP contribution in [0.2, 0.25) is 0 Å². The Hall–Kier alpha value is -4.45. The van der Waals surface area contributed by atoms with E-state index in [0.29, 0.717) is 18.0 Å². The van der Waals surface area contributed by atoms with E-state index in [1.165, 1.54) is 4.90 Å². The lowest BCUT2D eigenvalue weighted by Gasteiger charge is -2.45. The summed E-state index contributed by atoms with van der Waals surface area (Å²) in [5.74, 6) is -0.177. The minimum Gasteiger partial charge on any atom is -0.469 e. The van der Waals surface area contributed by atoms with Gasteiger partial charge in [0.2, 0.25) is 11.8 Å². The first-order chi connectivity index (χ1) is 17.6. The number of imide groups is 1. The highest BCUT2D eigenvalue weighted by Crippen LogP contribution is 2.36. The van der Waals surface area contributed by atoms with Crippen molar-refractivity contribution < 1.29 is 14.3 Å². The van der Waals surface area contributed by atoms with E-state index in [2.05, 4.69) is 4.98 Å². The molecule has 2 amide bonds. The van der Waals surface area contributed by atoms with Crippen molar-refractivity contribution in [2.24, 2.45) is 5.92 Å². The fraction of sp³-hybridized carbons (Fsp3) is 0.167. The lowest BCUT2D eigenvalue weighted by Crippen LogP contribution is -2.66. The maximum atomic E-state index is 13.6. The Morgan fingerprint density at radius 3 is 2.06 bits per heavy atom. The van der Waals surface area contributed by atoms with Gasteiger partial charge in [0.25, 0.3) is 0 Å². The molecule has 0 saturated carbocycles. The van der Waals surface area contributed by atoms with E-state index >= 15 is 0 Å². The van der Waals surface area contributed by atoms with Crippen LogP contribution >= 0.6 is 0 Å². The van der Waals surface area contributed by atoms with Crippen molar-refractivity contribution in [2.75, 3.05) is 5.73 Å². The number of carbonyl (C=O) groups excluding carboxylic acids is 2. The summed E-state index contributed by atoms with van der Waals surface area (Å²) < 4.78 is 6.20. The average Bonchev–Trinajstić information content (AvgIpc) is 2.92. The number of benzene rings is 3. The van der Waals surface area contributed by atoms with E-state index in [1.54, 1.807) is 12.3 Å². The van der Waals surface area contributed by atoms with E-state index in [9.17, 15) is 9.59 Å². The molecule has 2 N–H and O–H groups in total. The number of rotatable bonds is 8. The molecule has 180 valence electrons. The van der Waals surface area contributed by atoms with E-state index in [1.807, 2.05) is 97.1 Å². The van der Waals surface area contributed by atoms with Crippen molar-refractivity contribution in [3.63, 3.8) is 0 Å². The van der Waals surface area contributed by atoms with E-state index < -0.39 is 12.1 Å². The molecular weight excluding hydrogens is 450 g/mol. The monoisotopic (exact) mass is 477 g/mol. The molecule has 6 nitrogen and oxygen atoms in total. The number of ether oxygens (including phenoxy) is 1. The smallest absolute Gasteiger partial charge is 0.241 e. The van der Waals surface area contributed by atoms with Crippen LogP contribution < -0.4 is 10.5 Å². The maximum absolute atomic E-state index is 13.6. The molecule has 3 aromatic carbocycles. The van der Waals surface area contributed by atoms with Crippen molar-refractivity contribution in [3.8, 4) is 5.75 Å².